The van der Waals surface area contributed by atoms with Crippen LogP contribution in [0.5, 0.6) is 0 Å². The van der Waals surface area contributed by atoms with Crippen molar-refractivity contribution in [1.82, 2.24) is 4.90 Å². The zero-order valence-corrected chi connectivity index (χ0v) is 26.5. The first-order valence-corrected chi connectivity index (χ1v) is 16.0. The smallest absolute Gasteiger partial charge is 0.266 e. The monoisotopic (exact) mass is 595 g/mol. The number of carbonyl (C=O) groups excluding carboxylic acids is 1. The Morgan fingerprint density at radius 3 is 2.02 bits per heavy atom. The highest BCUT2D eigenvalue weighted by atomic mass is 32.2. The molecule has 1 fully saturated rings. The molecular formula is C39H37N3OS. The molecule has 5 heteroatoms. The average molecular weight is 596 g/mol. The Kier molecular flexibility index (Phi) is 8.40. The van der Waals surface area contributed by atoms with E-state index >= 15 is 0 Å². The van der Waals surface area contributed by atoms with Gasteiger partial charge in [0.15, 0.2) is 5.17 Å². The van der Waals surface area contributed by atoms with Gasteiger partial charge in [0.25, 0.3) is 5.91 Å². The molecule has 4 nitrogen and oxygen atoms in total. The van der Waals surface area contributed by atoms with Gasteiger partial charge in [-0.3, -0.25) is 9.69 Å². The van der Waals surface area contributed by atoms with Gasteiger partial charge in [0.2, 0.25) is 0 Å². The number of thioether (sulfide) groups is 1. The second-order valence-electron chi connectivity index (χ2n) is 11.4. The van der Waals surface area contributed by atoms with E-state index in [1.54, 1.807) is 4.90 Å². The van der Waals surface area contributed by atoms with Gasteiger partial charge in [-0.2, -0.15) is 0 Å². The molecule has 2 aliphatic rings. The molecule has 2 heterocycles. The molecule has 2 aliphatic heterocycles. The second kappa shape index (κ2) is 12.6. The van der Waals surface area contributed by atoms with Crippen LogP contribution in [0, 0.1) is 0 Å². The van der Waals surface area contributed by atoms with Crippen molar-refractivity contribution in [2.45, 2.75) is 33.1 Å². The van der Waals surface area contributed by atoms with Crippen LogP contribution in [0.25, 0.3) is 23.3 Å². The number of rotatable bonds is 7. The van der Waals surface area contributed by atoms with E-state index in [4.69, 9.17) is 4.99 Å². The highest BCUT2D eigenvalue weighted by molar-refractivity contribution is 8.18. The molecule has 0 radical (unpaired) electrons. The van der Waals surface area contributed by atoms with Crippen LogP contribution in [-0.4, -0.2) is 29.1 Å². The van der Waals surface area contributed by atoms with E-state index in [-0.39, 0.29) is 11.3 Å². The molecule has 44 heavy (non-hydrogen) atoms. The zero-order valence-electron chi connectivity index (χ0n) is 25.7. The molecule has 1 amide bonds. The maximum atomic E-state index is 13.5. The number of anilines is 1. The Bertz CT molecular complexity index is 1780. The van der Waals surface area contributed by atoms with Gasteiger partial charge in [-0.1, -0.05) is 105 Å². The number of fused-ring (bicyclic) bond motifs is 1. The van der Waals surface area contributed by atoms with Crippen LogP contribution >= 0.6 is 11.8 Å². The first-order valence-electron chi connectivity index (χ1n) is 15.2. The minimum atomic E-state index is -0.211. The number of nitrogens with zero attached hydrogens (tertiary/aromatic N) is 3. The molecule has 0 spiro atoms. The van der Waals surface area contributed by atoms with Gasteiger partial charge in [-0.15, -0.1) is 0 Å². The fraction of sp³-hybridized carbons (Fsp3) is 0.179. The summed E-state index contributed by atoms with van der Waals surface area (Å²) in [5.74, 6) is -0.00163. The van der Waals surface area contributed by atoms with Crippen LogP contribution in [0.3, 0.4) is 0 Å². The maximum absolute atomic E-state index is 13.5. The zero-order chi connectivity index (χ0) is 30.7. The van der Waals surface area contributed by atoms with Crippen molar-refractivity contribution in [3.63, 3.8) is 0 Å². The van der Waals surface area contributed by atoms with E-state index in [2.05, 4.69) is 111 Å². The molecule has 1 saturated heterocycles. The summed E-state index contributed by atoms with van der Waals surface area (Å²) >= 11 is 1.44. The molecule has 0 N–H and O–H groups in total. The summed E-state index contributed by atoms with van der Waals surface area (Å²) in [4.78, 5) is 23.1. The summed E-state index contributed by atoms with van der Waals surface area (Å²) in [5, 5.41) is 0.712. The molecule has 0 unspecified atom stereocenters. The number of aliphatic imine (C=N–C) groups is 1. The number of likely N-dealkylation sites (N-methyl/N-ethyl adjacent to an activating group) is 2. The SMILES string of the molecule is CCN1C(=O)/C(=C/C=C2\N(CC)c3ccc(-c4ccccc4)cc3C2(C)C)SC1=Nc1ccc(/C=C/c2ccccc2)cc1. The van der Waals surface area contributed by atoms with Crippen molar-refractivity contribution in [2.24, 2.45) is 4.99 Å². The van der Waals surface area contributed by atoms with E-state index in [9.17, 15) is 4.79 Å². The van der Waals surface area contributed by atoms with E-state index in [0.29, 0.717) is 16.6 Å². The van der Waals surface area contributed by atoms with Crippen molar-refractivity contribution in [1.29, 1.82) is 0 Å². The van der Waals surface area contributed by atoms with Crippen molar-refractivity contribution in [3.8, 4) is 11.1 Å². The largest absolute Gasteiger partial charge is 0.344 e. The van der Waals surface area contributed by atoms with Gasteiger partial charge >= 0.3 is 0 Å². The van der Waals surface area contributed by atoms with Gasteiger partial charge in [-0.25, -0.2) is 4.99 Å². The lowest BCUT2D eigenvalue weighted by Crippen LogP contribution is -2.28. The van der Waals surface area contributed by atoms with Crippen LogP contribution in [0.4, 0.5) is 11.4 Å². The van der Waals surface area contributed by atoms with Gasteiger partial charge in [0.1, 0.15) is 0 Å². The Labute approximate surface area is 265 Å². The second-order valence-corrected chi connectivity index (χ2v) is 12.4. The molecule has 6 rings (SSSR count). The van der Waals surface area contributed by atoms with Crippen LogP contribution in [-0.2, 0) is 10.2 Å². The number of carbonyl (C=O) groups is 1. The van der Waals surface area contributed by atoms with Crippen LogP contribution in [0.1, 0.15) is 44.4 Å². The minimum absolute atomic E-state index is 0.00163. The number of allylic oxidation sites excluding steroid dienone is 3. The van der Waals surface area contributed by atoms with Gasteiger partial charge in [0, 0.05) is 29.9 Å². The third-order valence-electron chi connectivity index (χ3n) is 8.30. The predicted octanol–water partition coefficient (Wildman–Crippen LogP) is 9.69. The molecule has 0 bridgehead atoms. The summed E-state index contributed by atoms with van der Waals surface area (Å²) in [6.45, 7) is 10.1. The van der Waals surface area contributed by atoms with E-state index in [0.717, 1.165) is 23.4 Å². The molecule has 0 atom stereocenters. The Hall–Kier alpha value is -4.61. The number of benzene rings is 4. The van der Waals surface area contributed by atoms with Crippen molar-refractivity contribution in [2.75, 3.05) is 18.0 Å². The molecule has 220 valence electrons. The normalized spacial score (nSPS) is 18.7. The van der Waals surface area contributed by atoms with Crippen LogP contribution in [0.2, 0.25) is 0 Å². The van der Waals surface area contributed by atoms with Crippen LogP contribution < -0.4 is 4.90 Å². The Morgan fingerprint density at radius 1 is 0.727 bits per heavy atom. The first kappa shape index (κ1) is 29.5. The van der Waals surface area contributed by atoms with Gasteiger partial charge < -0.3 is 4.90 Å². The lowest BCUT2D eigenvalue weighted by Gasteiger charge is -2.25. The third-order valence-corrected chi connectivity index (χ3v) is 9.32. The lowest BCUT2D eigenvalue weighted by atomic mass is 9.82. The summed E-state index contributed by atoms with van der Waals surface area (Å²) in [6.07, 6.45) is 8.32. The van der Waals surface area contributed by atoms with E-state index in [1.807, 2.05) is 49.4 Å². The minimum Gasteiger partial charge on any atom is -0.344 e. The average Bonchev–Trinajstić information content (AvgIpc) is 3.47. The molecule has 4 aromatic carbocycles. The molecule has 0 saturated carbocycles. The Morgan fingerprint density at radius 2 is 1.36 bits per heavy atom. The van der Waals surface area contributed by atoms with E-state index in [1.165, 1.54) is 39.8 Å². The topological polar surface area (TPSA) is 35.9 Å². The summed E-state index contributed by atoms with van der Waals surface area (Å²) in [7, 11) is 0. The summed E-state index contributed by atoms with van der Waals surface area (Å²) < 4.78 is 0. The highest BCUT2D eigenvalue weighted by Crippen LogP contribution is 2.49. The maximum Gasteiger partial charge on any atom is 0.266 e. The number of hydrogen-bond acceptors (Lipinski definition) is 4. The fourth-order valence-corrected chi connectivity index (χ4v) is 6.90. The first-order chi connectivity index (χ1) is 21.4. The molecular weight excluding hydrogens is 559 g/mol. The summed E-state index contributed by atoms with van der Waals surface area (Å²) in [6, 6.07) is 35.6. The number of amidine groups is 1. The van der Waals surface area contributed by atoms with Crippen molar-refractivity contribution < 1.29 is 4.79 Å². The highest BCUT2D eigenvalue weighted by Gasteiger charge is 2.40. The number of amides is 1. The lowest BCUT2D eigenvalue weighted by molar-refractivity contribution is -0.122. The van der Waals surface area contributed by atoms with Gasteiger partial charge in [-0.05, 0) is 89.8 Å². The molecule has 0 aliphatic carbocycles. The number of hydrogen-bond donors (Lipinski definition) is 0. The van der Waals surface area contributed by atoms with Gasteiger partial charge in [0.05, 0.1) is 10.6 Å². The quantitative estimate of drug-likeness (QED) is 0.158. The predicted molar refractivity (Wildman–Crippen MR) is 188 cm³/mol. The van der Waals surface area contributed by atoms with Crippen molar-refractivity contribution >= 4 is 46.4 Å². The summed E-state index contributed by atoms with van der Waals surface area (Å²) in [5.41, 5.74) is 9.03. The van der Waals surface area contributed by atoms with Crippen molar-refractivity contribution in [3.05, 3.63) is 143 Å². The Balaban J connectivity index is 1.25. The molecule has 4 aromatic rings. The third kappa shape index (κ3) is 5.80. The standard InChI is InChI=1S/C39H37N3OS/c1-5-41-34-24-21-31(30-15-11-8-12-16-30)27-33(34)39(3,4)36(41)26-25-35-37(43)42(6-2)38(44-35)40-32-22-19-29(20-23-32)18-17-28-13-9-7-10-14-28/h7-27H,5-6H2,1-4H3/b18-17+,35-25-,36-26-,40-38?. The fourth-order valence-electron chi connectivity index (χ4n) is 5.89. The van der Waals surface area contributed by atoms with E-state index < -0.39 is 0 Å². The van der Waals surface area contributed by atoms with Crippen LogP contribution in [0.15, 0.2) is 131 Å². The molecule has 0 aromatic heterocycles.